The summed E-state index contributed by atoms with van der Waals surface area (Å²) in [5, 5.41) is 2.76. The highest BCUT2D eigenvalue weighted by atomic mass is 32.2. The number of halogens is 1. The van der Waals surface area contributed by atoms with Crippen molar-refractivity contribution in [3.05, 3.63) is 59.9 Å². The van der Waals surface area contributed by atoms with E-state index in [1.165, 1.54) is 16.4 Å². The highest BCUT2D eigenvalue weighted by Gasteiger charge is 2.26. The van der Waals surface area contributed by atoms with E-state index in [0.717, 1.165) is 5.69 Å². The van der Waals surface area contributed by atoms with Crippen molar-refractivity contribution >= 4 is 21.6 Å². The third kappa shape index (κ3) is 6.41. The van der Waals surface area contributed by atoms with Gasteiger partial charge in [-0.05, 0) is 61.9 Å². The van der Waals surface area contributed by atoms with Crippen molar-refractivity contribution in [1.82, 2.24) is 9.62 Å². The lowest BCUT2D eigenvalue weighted by Crippen LogP contribution is -2.49. The van der Waals surface area contributed by atoms with Gasteiger partial charge in [0, 0.05) is 44.0 Å². The molecule has 1 fully saturated rings. The number of carbonyl (C=O) groups excluding carboxylic acids is 1. The topological polar surface area (TPSA) is 78.9 Å². The number of nitrogens with one attached hydrogen (secondary N) is 1. The Bertz CT molecular complexity index is 957. The summed E-state index contributed by atoms with van der Waals surface area (Å²) < 4.78 is 45.1. The predicted octanol–water partition coefficient (Wildman–Crippen LogP) is 2.50. The predicted molar refractivity (Wildman–Crippen MR) is 119 cm³/mol. The number of nitrogens with zero attached hydrogens (tertiary/aromatic N) is 2. The number of carbonyl (C=O) groups is 1. The van der Waals surface area contributed by atoms with Gasteiger partial charge in [0.05, 0.1) is 12.4 Å². The Morgan fingerprint density at radius 1 is 1.03 bits per heavy atom. The fourth-order valence-electron chi connectivity index (χ4n) is 3.43. The molecule has 1 aliphatic rings. The van der Waals surface area contributed by atoms with E-state index in [9.17, 15) is 17.6 Å². The number of piperazine rings is 1. The molecule has 9 heteroatoms. The van der Waals surface area contributed by atoms with Crippen molar-refractivity contribution in [3.8, 4) is 5.75 Å². The van der Waals surface area contributed by atoms with Crippen molar-refractivity contribution < 1.29 is 22.3 Å². The van der Waals surface area contributed by atoms with Crippen LogP contribution in [0.4, 0.5) is 10.1 Å². The summed E-state index contributed by atoms with van der Waals surface area (Å²) in [6, 6.07) is 13.0. The first-order chi connectivity index (χ1) is 14.9. The second-order valence-corrected chi connectivity index (χ2v) is 9.33. The molecule has 1 aliphatic heterocycles. The van der Waals surface area contributed by atoms with Gasteiger partial charge in [0.15, 0.2) is 0 Å². The largest absolute Gasteiger partial charge is 0.494 e. The van der Waals surface area contributed by atoms with E-state index in [-0.39, 0.29) is 24.0 Å². The van der Waals surface area contributed by atoms with E-state index in [4.69, 9.17) is 4.74 Å². The highest BCUT2D eigenvalue weighted by Crippen LogP contribution is 2.18. The van der Waals surface area contributed by atoms with Crippen LogP contribution >= 0.6 is 0 Å². The molecule has 31 heavy (non-hydrogen) atoms. The Hall–Kier alpha value is -2.65. The first kappa shape index (κ1) is 23.0. The molecule has 0 unspecified atom stereocenters. The summed E-state index contributed by atoms with van der Waals surface area (Å²) in [5.41, 5.74) is 1.39. The zero-order chi connectivity index (χ0) is 22.3. The number of anilines is 1. The first-order valence-corrected chi connectivity index (χ1v) is 12.0. The van der Waals surface area contributed by atoms with Crippen molar-refractivity contribution in [2.24, 2.45) is 0 Å². The minimum Gasteiger partial charge on any atom is -0.494 e. The van der Waals surface area contributed by atoms with Gasteiger partial charge in [-0.25, -0.2) is 12.8 Å². The number of ether oxygens (including phenoxy) is 1. The second kappa shape index (κ2) is 10.6. The minimum atomic E-state index is -3.39. The smallest absolute Gasteiger partial charge is 0.251 e. The highest BCUT2D eigenvalue weighted by molar-refractivity contribution is 7.89. The molecule has 1 saturated heterocycles. The maximum atomic E-state index is 13.1. The molecule has 3 rings (SSSR count). The first-order valence-electron chi connectivity index (χ1n) is 10.4. The molecule has 0 saturated carbocycles. The molecule has 7 nitrogen and oxygen atoms in total. The molecule has 2 aromatic rings. The van der Waals surface area contributed by atoms with E-state index in [1.54, 1.807) is 36.4 Å². The maximum Gasteiger partial charge on any atom is 0.251 e. The van der Waals surface area contributed by atoms with Crippen LogP contribution in [0.2, 0.25) is 0 Å². The number of sulfonamides is 1. The number of amides is 1. The van der Waals surface area contributed by atoms with Crippen LogP contribution < -0.4 is 15.0 Å². The fourth-order valence-corrected chi connectivity index (χ4v) is 4.92. The van der Waals surface area contributed by atoms with Gasteiger partial charge in [-0.15, -0.1) is 0 Å². The second-order valence-electron chi connectivity index (χ2n) is 7.25. The average Bonchev–Trinajstić information content (AvgIpc) is 2.78. The minimum absolute atomic E-state index is 0.0207. The molecular weight excluding hydrogens is 421 g/mol. The Morgan fingerprint density at radius 3 is 2.29 bits per heavy atom. The summed E-state index contributed by atoms with van der Waals surface area (Å²) in [6.07, 6.45) is 0.337. The molecule has 0 aliphatic carbocycles. The van der Waals surface area contributed by atoms with Crippen molar-refractivity contribution in [2.45, 2.75) is 13.3 Å². The maximum absolute atomic E-state index is 13.1. The van der Waals surface area contributed by atoms with Gasteiger partial charge in [0.2, 0.25) is 10.0 Å². The van der Waals surface area contributed by atoms with Gasteiger partial charge >= 0.3 is 0 Å². The quantitative estimate of drug-likeness (QED) is 0.595. The van der Waals surface area contributed by atoms with Crippen LogP contribution in [-0.2, 0) is 10.0 Å². The molecule has 1 heterocycles. The van der Waals surface area contributed by atoms with E-state index >= 15 is 0 Å². The fraction of sp³-hybridized carbons (Fsp3) is 0.409. The van der Waals surface area contributed by atoms with Crippen LogP contribution in [0, 0.1) is 5.82 Å². The van der Waals surface area contributed by atoms with Crippen LogP contribution in [0.3, 0.4) is 0 Å². The summed E-state index contributed by atoms with van der Waals surface area (Å²) in [5.74, 6) is 0.144. The standard InChI is InChI=1S/C22H28FN3O4S/c1-2-30-21-10-4-18(5-11-21)22(27)24-12-3-17-31(28,29)26-15-13-25(14-16-26)20-8-6-19(23)7-9-20/h4-11H,2-3,12-17H2,1H3,(H,24,27). The molecular formula is C22H28FN3O4S. The Morgan fingerprint density at radius 2 is 1.68 bits per heavy atom. The summed E-state index contributed by atoms with van der Waals surface area (Å²) >= 11 is 0. The monoisotopic (exact) mass is 449 g/mol. The van der Waals surface area contributed by atoms with Crippen molar-refractivity contribution in [2.75, 3.05) is 50.0 Å². The van der Waals surface area contributed by atoms with Crippen LogP contribution in [0.25, 0.3) is 0 Å². The van der Waals surface area contributed by atoms with E-state index in [2.05, 4.69) is 5.32 Å². The lowest BCUT2D eigenvalue weighted by atomic mass is 10.2. The third-order valence-corrected chi connectivity index (χ3v) is 7.07. The molecule has 1 amide bonds. The number of hydrogen-bond donors (Lipinski definition) is 1. The van der Waals surface area contributed by atoms with Gasteiger partial charge < -0.3 is 15.0 Å². The third-order valence-electron chi connectivity index (χ3n) is 5.12. The van der Waals surface area contributed by atoms with Gasteiger partial charge in [0.25, 0.3) is 5.91 Å². The molecule has 0 radical (unpaired) electrons. The van der Waals surface area contributed by atoms with E-state index < -0.39 is 10.0 Å². The number of benzene rings is 2. The Kier molecular flexibility index (Phi) is 7.86. The molecule has 0 aromatic heterocycles. The van der Waals surface area contributed by atoms with Crippen LogP contribution in [0.15, 0.2) is 48.5 Å². The lowest BCUT2D eigenvalue weighted by Gasteiger charge is -2.35. The van der Waals surface area contributed by atoms with E-state index in [1.807, 2.05) is 11.8 Å². The van der Waals surface area contributed by atoms with Crippen molar-refractivity contribution in [1.29, 1.82) is 0 Å². The summed E-state index contributed by atoms with van der Waals surface area (Å²) in [6.45, 7) is 4.61. The Balaban J connectivity index is 1.41. The van der Waals surface area contributed by atoms with Gasteiger partial charge in [0.1, 0.15) is 11.6 Å². The number of rotatable bonds is 9. The van der Waals surface area contributed by atoms with Crippen LogP contribution in [0.1, 0.15) is 23.7 Å². The SMILES string of the molecule is CCOc1ccc(C(=O)NCCCS(=O)(=O)N2CCN(c3ccc(F)cc3)CC2)cc1. The summed E-state index contributed by atoms with van der Waals surface area (Å²) in [7, 11) is -3.39. The lowest BCUT2D eigenvalue weighted by molar-refractivity contribution is 0.0953. The average molecular weight is 450 g/mol. The molecule has 168 valence electrons. The normalized spacial score (nSPS) is 15.0. The zero-order valence-corrected chi connectivity index (χ0v) is 18.4. The Labute approximate surface area is 182 Å². The summed E-state index contributed by atoms with van der Waals surface area (Å²) in [4.78, 5) is 14.2. The van der Waals surface area contributed by atoms with Crippen molar-refractivity contribution in [3.63, 3.8) is 0 Å². The number of hydrogen-bond acceptors (Lipinski definition) is 5. The molecule has 0 atom stereocenters. The van der Waals surface area contributed by atoms with Gasteiger partial charge in [-0.3, -0.25) is 4.79 Å². The molecule has 0 spiro atoms. The molecule has 0 bridgehead atoms. The van der Waals surface area contributed by atoms with Gasteiger partial charge in [-0.1, -0.05) is 0 Å². The van der Waals surface area contributed by atoms with Crippen LogP contribution in [-0.4, -0.2) is 63.7 Å². The van der Waals surface area contributed by atoms with E-state index in [0.29, 0.717) is 50.5 Å². The van der Waals surface area contributed by atoms with Gasteiger partial charge in [-0.2, -0.15) is 4.31 Å². The molecule has 2 aromatic carbocycles. The zero-order valence-electron chi connectivity index (χ0n) is 17.6. The van der Waals surface area contributed by atoms with Crippen LogP contribution in [0.5, 0.6) is 5.75 Å². The molecule has 1 N–H and O–H groups in total.